The second kappa shape index (κ2) is 9.58. The fourth-order valence-electron chi connectivity index (χ4n) is 3.09. The monoisotopic (exact) mass is 427 g/mol. The zero-order valence-corrected chi connectivity index (χ0v) is 18.1. The standard InChI is InChI=1S/C22H25N3O4S/c1-4-25(12-20(26)23-11-17-6-5-9-30-17)21(27)13-29-22(28)16-7-8-19-18(10-16)14(2)15(3)24-19/h5-10,24H,4,11-13H2,1-3H3,(H,23,26). The number of H-pyrrole nitrogens is 1. The second-order valence-electron chi connectivity index (χ2n) is 6.98. The van der Waals surface area contributed by atoms with E-state index in [4.69, 9.17) is 4.74 Å². The molecule has 8 heteroatoms. The predicted molar refractivity (Wildman–Crippen MR) is 116 cm³/mol. The van der Waals surface area contributed by atoms with Crippen LogP contribution in [-0.2, 0) is 20.9 Å². The van der Waals surface area contributed by atoms with Crippen molar-refractivity contribution in [3.63, 3.8) is 0 Å². The Labute approximate surface area is 179 Å². The Bertz CT molecular complexity index is 1060. The first kappa shape index (κ1) is 21.6. The second-order valence-corrected chi connectivity index (χ2v) is 8.01. The molecular weight excluding hydrogens is 402 g/mol. The summed E-state index contributed by atoms with van der Waals surface area (Å²) < 4.78 is 5.20. The summed E-state index contributed by atoms with van der Waals surface area (Å²) in [5.41, 5.74) is 3.44. The van der Waals surface area contributed by atoms with Crippen LogP contribution in [0, 0.1) is 13.8 Å². The average Bonchev–Trinajstić information content (AvgIpc) is 3.36. The highest BCUT2D eigenvalue weighted by Gasteiger charge is 2.18. The Morgan fingerprint density at radius 3 is 2.70 bits per heavy atom. The molecule has 0 aliphatic heterocycles. The molecule has 3 rings (SSSR count). The van der Waals surface area contributed by atoms with Gasteiger partial charge in [0.15, 0.2) is 6.61 Å². The minimum atomic E-state index is -0.568. The Morgan fingerprint density at radius 1 is 1.20 bits per heavy atom. The molecule has 0 spiro atoms. The summed E-state index contributed by atoms with van der Waals surface area (Å²) >= 11 is 1.55. The molecule has 0 aliphatic carbocycles. The van der Waals surface area contributed by atoms with Gasteiger partial charge in [0.25, 0.3) is 5.91 Å². The molecule has 2 heterocycles. The lowest BCUT2D eigenvalue weighted by atomic mass is 10.1. The van der Waals surface area contributed by atoms with Gasteiger partial charge < -0.3 is 19.9 Å². The summed E-state index contributed by atoms with van der Waals surface area (Å²) in [5, 5.41) is 5.67. The van der Waals surface area contributed by atoms with Gasteiger partial charge in [-0.05, 0) is 56.0 Å². The summed E-state index contributed by atoms with van der Waals surface area (Å²) in [7, 11) is 0. The highest BCUT2D eigenvalue weighted by Crippen LogP contribution is 2.22. The molecule has 0 saturated heterocycles. The SMILES string of the molecule is CCN(CC(=O)NCc1cccs1)C(=O)COC(=O)c1ccc2[nH]c(C)c(C)c2c1. The van der Waals surface area contributed by atoms with E-state index in [1.54, 1.807) is 30.4 Å². The first-order valence-electron chi connectivity index (χ1n) is 9.72. The van der Waals surface area contributed by atoms with E-state index in [2.05, 4.69) is 10.3 Å². The van der Waals surface area contributed by atoms with E-state index in [1.165, 1.54) is 4.90 Å². The number of thiophene rings is 1. The van der Waals surface area contributed by atoms with Gasteiger partial charge in [0.05, 0.1) is 18.7 Å². The maximum Gasteiger partial charge on any atom is 0.338 e. The number of ether oxygens (including phenoxy) is 1. The Balaban J connectivity index is 1.53. The van der Waals surface area contributed by atoms with Crippen molar-refractivity contribution in [3.05, 3.63) is 57.4 Å². The molecule has 0 radical (unpaired) electrons. The highest BCUT2D eigenvalue weighted by atomic mass is 32.1. The average molecular weight is 428 g/mol. The summed E-state index contributed by atoms with van der Waals surface area (Å²) in [4.78, 5) is 42.6. The van der Waals surface area contributed by atoms with Gasteiger partial charge in [0.1, 0.15) is 0 Å². The van der Waals surface area contributed by atoms with Crippen molar-refractivity contribution in [3.8, 4) is 0 Å². The number of carbonyl (C=O) groups excluding carboxylic acids is 3. The molecule has 0 fully saturated rings. The van der Waals surface area contributed by atoms with Gasteiger partial charge in [-0.2, -0.15) is 0 Å². The number of benzene rings is 1. The number of aromatic amines is 1. The highest BCUT2D eigenvalue weighted by molar-refractivity contribution is 7.09. The molecule has 0 aliphatic rings. The van der Waals surface area contributed by atoms with E-state index >= 15 is 0 Å². The first-order chi connectivity index (χ1) is 14.4. The van der Waals surface area contributed by atoms with Crippen molar-refractivity contribution in [2.45, 2.75) is 27.3 Å². The molecule has 0 atom stereocenters. The van der Waals surface area contributed by atoms with Crippen molar-refractivity contribution in [2.24, 2.45) is 0 Å². The van der Waals surface area contributed by atoms with Gasteiger partial charge in [0.2, 0.25) is 5.91 Å². The molecule has 158 valence electrons. The van der Waals surface area contributed by atoms with Crippen molar-refractivity contribution in [1.82, 2.24) is 15.2 Å². The fourth-order valence-corrected chi connectivity index (χ4v) is 3.74. The lowest BCUT2D eigenvalue weighted by Gasteiger charge is -2.20. The number of likely N-dealkylation sites (N-methyl/N-ethyl adjacent to an activating group) is 1. The summed E-state index contributed by atoms with van der Waals surface area (Å²) in [6, 6.07) is 9.10. The third kappa shape index (κ3) is 5.07. The smallest absolute Gasteiger partial charge is 0.338 e. The van der Waals surface area contributed by atoms with Crippen LogP contribution in [0.4, 0.5) is 0 Å². The van der Waals surface area contributed by atoms with Gasteiger partial charge >= 0.3 is 5.97 Å². The van der Waals surface area contributed by atoms with E-state index in [0.29, 0.717) is 18.7 Å². The topological polar surface area (TPSA) is 91.5 Å². The lowest BCUT2D eigenvalue weighted by Crippen LogP contribution is -2.42. The molecule has 30 heavy (non-hydrogen) atoms. The van der Waals surface area contributed by atoms with E-state index in [1.807, 2.05) is 37.4 Å². The van der Waals surface area contributed by atoms with Crippen molar-refractivity contribution >= 4 is 40.0 Å². The third-order valence-electron chi connectivity index (χ3n) is 4.98. The van der Waals surface area contributed by atoms with E-state index in [9.17, 15) is 14.4 Å². The van der Waals surface area contributed by atoms with Crippen molar-refractivity contribution < 1.29 is 19.1 Å². The van der Waals surface area contributed by atoms with Gasteiger partial charge in [-0.3, -0.25) is 9.59 Å². The molecule has 2 N–H and O–H groups in total. The third-order valence-corrected chi connectivity index (χ3v) is 5.86. The van der Waals surface area contributed by atoms with Gasteiger partial charge in [-0.25, -0.2) is 4.79 Å². The van der Waals surface area contributed by atoms with Gasteiger partial charge in [-0.1, -0.05) is 6.07 Å². The minimum absolute atomic E-state index is 0.0773. The maximum absolute atomic E-state index is 12.4. The normalized spacial score (nSPS) is 10.8. The molecule has 1 aromatic carbocycles. The van der Waals surface area contributed by atoms with Crippen LogP contribution in [0.2, 0.25) is 0 Å². The quantitative estimate of drug-likeness (QED) is 0.540. The fraction of sp³-hybridized carbons (Fsp3) is 0.318. The van der Waals surface area contributed by atoms with E-state index in [-0.39, 0.29) is 12.5 Å². The zero-order chi connectivity index (χ0) is 21.7. The number of carbonyl (C=O) groups is 3. The number of aryl methyl sites for hydroxylation is 2. The minimum Gasteiger partial charge on any atom is -0.452 e. The van der Waals surface area contributed by atoms with Crippen LogP contribution in [0.1, 0.15) is 33.4 Å². The molecule has 2 amide bonds. The Morgan fingerprint density at radius 2 is 2.00 bits per heavy atom. The predicted octanol–water partition coefficient (Wildman–Crippen LogP) is 3.17. The van der Waals surface area contributed by atoms with Crippen LogP contribution in [0.3, 0.4) is 0 Å². The zero-order valence-electron chi connectivity index (χ0n) is 17.3. The number of rotatable bonds is 8. The number of amides is 2. The molecule has 2 aromatic heterocycles. The van der Waals surface area contributed by atoms with Crippen LogP contribution in [-0.4, -0.2) is 47.4 Å². The van der Waals surface area contributed by atoms with Crippen molar-refractivity contribution in [1.29, 1.82) is 0 Å². The van der Waals surface area contributed by atoms with Gasteiger partial charge in [0, 0.05) is 28.0 Å². The summed E-state index contributed by atoms with van der Waals surface area (Å²) in [5.74, 6) is -1.23. The van der Waals surface area contributed by atoms with Crippen LogP contribution >= 0.6 is 11.3 Å². The van der Waals surface area contributed by atoms with Crippen LogP contribution in [0.15, 0.2) is 35.7 Å². The molecule has 0 saturated carbocycles. The summed E-state index contributed by atoms with van der Waals surface area (Å²) in [6.45, 7) is 6.02. The first-order valence-corrected chi connectivity index (χ1v) is 10.6. The molecular formula is C22H25N3O4S. The van der Waals surface area contributed by atoms with Crippen LogP contribution in [0.25, 0.3) is 10.9 Å². The Hall–Kier alpha value is -3.13. The number of hydrogen-bond acceptors (Lipinski definition) is 5. The molecule has 0 bridgehead atoms. The molecule has 7 nitrogen and oxygen atoms in total. The van der Waals surface area contributed by atoms with E-state index < -0.39 is 18.5 Å². The lowest BCUT2D eigenvalue weighted by molar-refractivity contribution is -0.138. The van der Waals surface area contributed by atoms with Crippen LogP contribution < -0.4 is 5.32 Å². The number of nitrogens with one attached hydrogen (secondary N) is 2. The Kier molecular flexibility index (Phi) is 6.89. The van der Waals surface area contributed by atoms with Crippen LogP contribution in [0.5, 0.6) is 0 Å². The largest absolute Gasteiger partial charge is 0.452 e. The number of nitrogens with zero attached hydrogens (tertiary/aromatic N) is 1. The molecule has 0 unspecified atom stereocenters. The summed E-state index contributed by atoms with van der Waals surface area (Å²) in [6.07, 6.45) is 0. The number of esters is 1. The maximum atomic E-state index is 12.4. The molecule has 3 aromatic rings. The number of fused-ring (bicyclic) bond motifs is 1. The number of aromatic nitrogens is 1. The van der Waals surface area contributed by atoms with Gasteiger partial charge in [-0.15, -0.1) is 11.3 Å². The van der Waals surface area contributed by atoms with Crippen molar-refractivity contribution in [2.75, 3.05) is 19.7 Å². The van der Waals surface area contributed by atoms with E-state index in [0.717, 1.165) is 27.0 Å². The number of hydrogen-bond donors (Lipinski definition) is 2.